The van der Waals surface area contributed by atoms with Crippen LogP contribution in [-0.2, 0) is 10.2 Å². The zero-order chi connectivity index (χ0) is 16.2. The summed E-state index contributed by atoms with van der Waals surface area (Å²) >= 11 is 0. The third-order valence-electron chi connectivity index (χ3n) is 4.85. The lowest BCUT2D eigenvalue weighted by molar-refractivity contribution is -0.127. The van der Waals surface area contributed by atoms with Gasteiger partial charge in [0.1, 0.15) is 0 Å². The van der Waals surface area contributed by atoms with Crippen LogP contribution >= 0.6 is 0 Å². The summed E-state index contributed by atoms with van der Waals surface area (Å²) in [5.74, 6) is 0.433. The summed E-state index contributed by atoms with van der Waals surface area (Å²) in [5, 5.41) is 3.23. The van der Waals surface area contributed by atoms with E-state index in [0.29, 0.717) is 0 Å². The summed E-state index contributed by atoms with van der Waals surface area (Å²) in [6.07, 6.45) is 2.92. The number of benzene rings is 1. The van der Waals surface area contributed by atoms with Gasteiger partial charge >= 0.3 is 0 Å². The van der Waals surface area contributed by atoms with Crippen molar-refractivity contribution < 1.29 is 4.79 Å². The van der Waals surface area contributed by atoms with E-state index in [1.54, 1.807) is 0 Å². The zero-order valence-corrected chi connectivity index (χ0v) is 14.4. The number of nitrogens with one attached hydrogen (secondary N) is 1. The highest BCUT2D eigenvalue weighted by Crippen LogP contribution is 2.28. The zero-order valence-electron chi connectivity index (χ0n) is 14.4. The molecular weight excluding hydrogens is 272 g/mol. The van der Waals surface area contributed by atoms with Crippen molar-refractivity contribution in [1.29, 1.82) is 0 Å². The Hall–Kier alpha value is -1.35. The van der Waals surface area contributed by atoms with Crippen LogP contribution in [0.2, 0.25) is 0 Å². The van der Waals surface area contributed by atoms with E-state index in [9.17, 15) is 4.79 Å². The van der Waals surface area contributed by atoms with Crippen molar-refractivity contribution in [3.63, 3.8) is 0 Å². The number of likely N-dealkylation sites (tertiary alicyclic amines) is 1. The second-order valence-electron chi connectivity index (χ2n) is 7.44. The molecule has 1 saturated heterocycles. The minimum Gasteiger partial charge on any atom is -0.353 e. The number of hydrogen-bond donors (Lipinski definition) is 1. The van der Waals surface area contributed by atoms with Crippen LogP contribution < -0.4 is 5.32 Å². The summed E-state index contributed by atoms with van der Waals surface area (Å²) in [4.78, 5) is 14.7. The molecule has 0 aliphatic carbocycles. The van der Waals surface area contributed by atoms with Crippen LogP contribution in [0.1, 0.15) is 45.6 Å². The Bertz CT molecular complexity index is 475. The molecule has 1 atom stereocenters. The highest BCUT2D eigenvalue weighted by Gasteiger charge is 2.27. The van der Waals surface area contributed by atoms with E-state index in [4.69, 9.17) is 0 Å². The maximum Gasteiger partial charge on any atom is 0.223 e. The van der Waals surface area contributed by atoms with Crippen LogP contribution in [0.4, 0.5) is 0 Å². The quantitative estimate of drug-likeness (QED) is 0.906. The van der Waals surface area contributed by atoms with Crippen LogP contribution in [0.5, 0.6) is 0 Å². The van der Waals surface area contributed by atoms with E-state index in [2.05, 4.69) is 62.3 Å². The maximum atomic E-state index is 12.4. The van der Waals surface area contributed by atoms with Gasteiger partial charge in [0.2, 0.25) is 5.91 Å². The van der Waals surface area contributed by atoms with Crippen molar-refractivity contribution in [2.24, 2.45) is 5.92 Å². The summed E-state index contributed by atoms with van der Waals surface area (Å²) in [6, 6.07) is 10.8. The van der Waals surface area contributed by atoms with Gasteiger partial charge in [-0.15, -0.1) is 0 Å². The Morgan fingerprint density at radius 2 is 1.86 bits per heavy atom. The van der Waals surface area contributed by atoms with Gasteiger partial charge in [-0.3, -0.25) is 4.79 Å². The summed E-state index contributed by atoms with van der Waals surface area (Å²) in [5.41, 5.74) is 1.40. The van der Waals surface area contributed by atoms with E-state index in [1.807, 2.05) is 6.07 Å². The van der Waals surface area contributed by atoms with Gasteiger partial charge in [0.05, 0.1) is 0 Å². The lowest BCUT2D eigenvalue weighted by atomic mass is 9.79. The molecule has 0 bridgehead atoms. The first kappa shape index (κ1) is 17.0. The average molecular weight is 302 g/mol. The Morgan fingerprint density at radius 1 is 1.27 bits per heavy atom. The molecule has 22 heavy (non-hydrogen) atoms. The molecule has 1 aromatic rings. The number of carbonyl (C=O) groups is 1. The van der Waals surface area contributed by atoms with E-state index in [1.165, 1.54) is 5.56 Å². The van der Waals surface area contributed by atoms with Crippen molar-refractivity contribution in [1.82, 2.24) is 10.2 Å². The smallest absolute Gasteiger partial charge is 0.223 e. The Kier molecular flexibility index (Phi) is 5.63. The van der Waals surface area contributed by atoms with Gasteiger partial charge in [-0.05, 0) is 57.3 Å². The fourth-order valence-corrected chi connectivity index (χ4v) is 3.46. The molecule has 1 heterocycles. The lowest BCUT2D eigenvalue weighted by Crippen LogP contribution is -2.43. The molecule has 1 fully saturated rings. The molecule has 2 rings (SSSR count). The summed E-state index contributed by atoms with van der Waals surface area (Å²) < 4.78 is 0. The Labute approximate surface area is 135 Å². The van der Waals surface area contributed by atoms with Crippen molar-refractivity contribution in [3.8, 4) is 0 Å². The minimum absolute atomic E-state index is 0.0702. The molecule has 122 valence electrons. The molecule has 1 amide bonds. The first-order valence-corrected chi connectivity index (χ1v) is 8.43. The minimum atomic E-state index is 0.0702. The Balaban J connectivity index is 1.87. The van der Waals surface area contributed by atoms with Crippen molar-refractivity contribution >= 4 is 5.91 Å². The molecule has 0 spiro atoms. The van der Waals surface area contributed by atoms with Crippen molar-refractivity contribution in [2.45, 2.75) is 51.5 Å². The van der Waals surface area contributed by atoms with Gasteiger partial charge < -0.3 is 10.2 Å². The first-order chi connectivity index (χ1) is 10.4. The predicted molar refractivity (Wildman–Crippen MR) is 91.9 cm³/mol. The molecule has 1 N–H and O–H groups in total. The van der Waals surface area contributed by atoms with Crippen LogP contribution in [0.25, 0.3) is 0 Å². The van der Waals surface area contributed by atoms with E-state index in [-0.39, 0.29) is 23.3 Å². The third kappa shape index (κ3) is 4.57. The summed E-state index contributed by atoms with van der Waals surface area (Å²) in [7, 11) is 2.12. The highest BCUT2D eigenvalue weighted by atomic mass is 16.1. The largest absolute Gasteiger partial charge is 0.353 e. The number of rotatable bonds is 5. The predicted octanol–water partition coefficient (Wildman–Crippen LogP) is 3.20. The highest BCUT2D eigenvalue weighted by molar-refractivity contribution is 5.79. The summed E-state index contributed by atoms with van der Waals surface area (Å²) in [6.45, 7) is 8.68. The molecule has 0 radical (unpaired) electrons. The molecule has 1 aromatic carbocycles. The molecule has 3 nitrogen and oxygen atoms in total. The first-order valence-electron chi connectivity index (χ1n) is 8.43. The number of carbonyl (C=O) groups excluding carboxylic acids is 1. The van der Waals surface area contributed by atoms with Crippen LogP contribution in [0.3, 0.4) is 0 Å². The van der Waals surface area contributed by atoms with E-state index < -0.39 is 0 Å². The monoisotopic (exact) mass is 302 g/mol. The van der Waals surface area contributed by atoms with Gasteiger partial charge in [0, 0.05) is 12.0 Å². The topological polar surface area (TPSA) is 32.3 Å². The third-order valence-corrected chi connectivity index (χ3v) is 4.85. The number of hydrogen-bond acceptors (Lipinski definition) is 2. The fraction of sp³-hybridized carbons (Fsp3) is 0.632. The van der Waals surface area contributed by atoms with Gasteiger partial charge in [-0.2, -0.15) is 0 Å². The lowest BCUT2D eigenvalue weighted by Gasteiger charge is -2.32. The second-order valence-corrected chi connectivity index (χ2v) is 7.44. The van der Waals surface area contributed by atoms with Crippen molar-refractivity contribution in [2.75, 3.05) is 20.1 Å². The average Bonchev–Trinajstić information content (AvgIpc) is 2.48. The number of piperidine rings is 1. The molecule has 0 saturated carbocycles. The molecule has 3 heteroatoms. The second kappa shape index (κ2) is 7.28. The SMILES string of the molecule is C[C@H](CC(C)(C)c1ccccc1)NC(=O)C1CCN(C)CC1. The van der Waals surface area contributed by atoms with E-state index in [0.717, 1.165) is 32.4 Å². The van der Waals surface area contributed by atoms with Crippen LogP contribution in [0.15, 0.2) is 30.3 Å². The number of nitrogens with zero attached hydrogens (tertiary/aromatic N) is 1. The van der Waals surface area contributed by atoms with Gasteiger partial charge in [0.25, 0.3) is 0 Å². The van der Waals surface area contributed by atoms with Crippen molar-refractivity contribution in [3.05, 3.63) is 35.9 Å². The van der Waals surface area contributed by atoms with Gasteiger partial charge in [-0.1, -0.05) is 44.2 Å². The molecule has 0 aromatic heterocycles. The van der Waals surface area contributed by atoms with Crippen LogP contribution in [-0.4, -0.2) is 37.0 Å². The normalized spacial score (nSPS) is 18.9. The number of amides is 1. The standard InChI is InChI=1S/C19H30N2O/c1-15(14-19(2,3)17-8-6-5-7-9-17)20-18(22)16-10-12-21(4)13-11-16/h5-9,15-16H,10-14H2,1-4H3,(H,20,22)/t15-/m1/s1. The van der Waals surface area contributed by atoms with E-state index >= 15 is 0 Å². The Morgan fingerprint density at radius 3 is 2.45 bits per heavy atom. The van der Waals surface area contributed by atoms with Gasteiger partial charge in [0.15, 0.2) is 0 Å². The maximum absolute atomic E-state index is 12.4. The molecular formula is C19H30N2O. The molecule has 1 aliphatic heterocycles. The molecule has 0 unspecified atom stereocenters. The van der Waals surface area contributed by atoms with Gasteiger partial charge in [-0.25, -0.2) is 0 Å². The molecule has 1 aliphatic rings. The van der Waals surface area contributed by atoms with Crippen LogP contribution in [0, 0.1) is 5.92 Å². The fourth-order valence-electron chi connectivity index (χ4n) is 3.46.